The van der Waals surface area contributed by atoms with Crippen LogP contribution in [0.3, 0.4) is 0 Å². The largest absolute Gasteiger partial charge is 0.497 e. The van der Waals surface area contributed by atoms with Crippen LogP contribution >= 0.6 is 0 Å². The molecule has 0 saturated carbocycles. The van der Waals surface area contributed by atoms with Crippen LogP contribution in [0.1, 0.15) is 30.6 Å². The van der Waals surface area contributed by atoms with Crippen molar-refractivity contribution < 1.29 is 19.1 Å². The Kier molecular flexibility index (Phi) is 4.69. The summed E-state index contributed by atoms with van der Waals surface area (Å²) in [4.78, 5) is 23.1. The number of ketones is 1. The molecule has 4 nitrogen and oxygen atoms in total. The molecule has 4 heteroatoms. The van der Waals surface area contributed by atoms with Crippen molar-refractivity contribution in [3.63, 3.8) is 0 Å². The van der Waals surface area contributed by atoms with Crippen LogP contribution in [0.4, 0.5) is 0 Å². The monoisotopic (exact) mass is 236 g/mol. The Balaban J connectivity index is 2.66. The number of ether oxygens (including phenoxy) is 2. The summed E-state index contributed by atoms with van der Waals surface area (Å²) in [5.41, 5.74) is 0.449. The van der Waals surface area contributed by atoms with Gasteiger partial charge in [0, 0.05) is 5.56 Å². The average Bonchev–Trinajstić information content (AvgIpc) is 2.27. The molecule has 0 heterocycles. The number of carbonyl (C=O) groups is 2. The predicted octanol–water partition coefficient (Wildman–Crippen LogP) is 2.22. The second-order valence-electron chi connectivity index (χ2n) is 3.87. The van der Waals surface area contributed by atoms with Crippen molar-refractivity contribution in [3.8, 4) is 5.75 Å². The Bertz CT molecular complexity index is 410. The van der Waals surface area contributed by atoms with Gasteiger partial charge in [0.1, 0.15) is 12.2 Å². The molecule has 0 fully saturated rings. The fourth-order valence-electron chi connectivity index (χ4n) is 1.33. The third-order valence-electron chi connectivity index (χ3n) is 2.06. The molecule has 1 rings (SSSR count). The molecule has 0 amide bonds. The molecule has 0 radical (unpaired) electrons. The Hall–Kier alpha value is -1.84. The first kappa shape index (κ1) is 13.2. The molecule has 0 aromatic heterocycles. The maximum atomic E-state index is 11.7. The van der Waals surface area contributed by atoms with Crippen LogP contribution in [-0.2, 0) is 9.53 Å². The summed E-state index contributed by atoms with van der Waals surface area (Å²) in [6, 6.07) is 6.70. The first-order chi connectivity index (χ1) is 8.02. The van der Waals surface area contributed by atoms with Gasteiger partial charge in [-0.3, -0.25) is 9.59 Å². The van der Waals surface area contributed by atoms with Crippen molar-refractivity contribution in [1.82, 2.24) is 0 Å². The number of carbonyl (C=O) groups excluding carboxylic acids is 2. The van der Waals surface area contributed by atoms with Gasteiger partial charge in [0.15, 0.2) is 5.78 Å². The first-order valence-corrected chi connectivity index (χ1v) is 5.39. The highest BCUT2D eigenvalue weighted by Gasteiger charge is 2.14. The Morgan fingerprint density at radius 3 is 2.59 bits per heavy atom. The lowest BCUT2D eigenvalue weighted by Crippen LogP contribution is -2.15. The molecule has 0 saturated heterocycles. The third kappa shape index (κ3) is 4.26. The highest BCUT2D eigenvalue weighted by atomic mass is 16.5. The van der Waals surface area contributed by atoms with Gasteiger partial charge in [-0.15, -0.1) is 0 Å². The molecule has 0 spiro atoms. The Morgan fingerprint density at radius 2 is 2.00 bits per heavy atom. The highest BCUT2D eigenvalue weighted by molar-refractivity contribution is 6.06. The van der Waals surface area contributed by atoms with E-state index in [-0.39, 0.29) is 18.3 Å². The van der Waals surface area contributed by atoms with E-state index in [2.05, 4.69) is 0 Å². The molecular formula is C13H16O4. The fraction of sp³-hybridized carbons (Fsp3) is 0.385. The predicted molar refractivity (Wildman–Crippen MR) is 63.2 cm³/mol. The van der Waals surface area contributed by atoms with E-state index in [4.69, 9.17) is 9.47 Å². The molecule has 0 bridgehead atoms. The lowest BCUT2D eigenvalue weighted by molar-refractivity contribution is -0.146. The summed E-state index contributed by atoms with van der Waals surface area (Å²) < 4.78 is 9.91. The molecule has 0 atom stereocenters. The first-order valence-electron chi connectivity index (χ1n) is 5.39. The molecule has 0 N–H and O–H groups in total. The number of esters is 1. The van der Waals surface area contributed by atoms with Crippen LogP contribution in [-0.4, -0.2) is 25.0 Å². The smallest absolute Gasteiger partial charge is 0.313 e. The summed E-state index contributed by atoms with van der Waals surface area (Å²) in [6.45, 7) is 3.49. The molecule has 1 aromatic rings. The number of benzene rings is 1. The second kappa shape index (κ2) is 6.03. The highest BCUT2D eigenvalue weighted by Crippen LogP contribution is 2.14. The summed E-state index contributed by atoms with van der Waals surface area (Å²) >= 11 is 0. The van der Waals surface area contributed by atoms with Gasteiger partial charge in [0.2, 0.25) is 0 Å². The minimum Gasteiger partial charge on any atom is -0.497 e. The number of hydrogen-bond acceptors (Lipinski definition) is 4. The Labute approximate surface area is 101 Å². The molecule has 0 aliphatic rings. The lowest BCUT2D eigenvalue weighted by atomic mass is 10.1. The zero-order valence-corrected chi connectivity index (χ0v) is 10.2. The number of rotatable bonds is 5. The van der Waals surface area contributed by atoms with Gasteiger partial charge in [-0.2, -0.15) is 0 Å². The van der Waals surface area contributed by atoms with Crippen LogP contribution in [0.2, 0.25) is 0 Å². The van der Waals surface area contributed by atoms with Crippen molar-refractivity contribution >= 4 is 11.8 Å². The van der Waals surface area contributed by atoms with Crippen molar-refractivity contribution in [1.29, 1.82) is 0 Å². The molecule has 0 aliphatic carbocycles. The van der Waals surface area contributed by atoms with E-state index < -0.39 is 5.97 Å². The molecule has 1 aromatic carbocycles. The van der Waals surface area contributed by atoms with E-state index in [0.717, 1.165) is 0 Å². The zero-order chi connectivity index (χ0) is 12.8. The normalized spacial score (nSPS) is 10.1. The minimum absolute atomic E-state index is 0.208. The van der Waals surface area contributed by atoms with E-state index >= 15 is 0 Å². The Morgan fingerprint density at radius 1 is 1.29 bits per heavy atom. The molecule has 0 unspecified atom stereocenters. The average molecular weight is 236 g/mol. The van der Waals surface area contributed by atoms with Gasteiger partial charge >= 0.3 is 5.97 Å². The summed E-state index contributed by atoms with van der Waals surface area (Å²) in [7, 11) is 1.52. The molecule has 17 heavy (non-hydrogen) atoms. The van der Waals surface area contributed by atoms with Crippen LogP contribution in [0.5, 0.6) is 5.75 Å². The number of hydrogen-bond donors (Lipinski definition) is 0. The van der Waals surface area contributed by atoms with Crippen LogP contribution in [0.25, 0.3) is 0 Å². The SMILES string of the molecule is COc1cccc(C(=O)CC(=O)OC(C)C)c1. The van der Waals surface area contributed by atoms with E-state index in [1.165, 1.54) is 7.11 Å². The lowest BCUT2D eigenvalue weighted by Gasteiger charge is -2.07. The van der Waals surface area contributed by atoms with Crippen molar-refractivity contribution in [3.05, 3.63) is 29.8 Å². The number of methoxy groups -OCH3 is 1. The van der Waals surface area contributed by atoms with Crippen molar-refractivity contribution in [2.75, 3.05) is 7.11 Å². The number of Topliss-reactive ketones (excluding diaryl/α,β-unsaturated/α-hetero) is 1. The van der Waals surface area contributed by atoms with Crippen molar-refractivity contribution in [2.45, 2.75) is 26.4 Å². The van der Waals surface area contributed by atoms with E-state index in [1.54, 1.807) is 38.1 Å². The minimum atomic E-state index is -0.507. The molecular weight excluding hydrogens is 220 g/mol. The van der Waals surface area contributed by atoms with Crippen LogP contribution < -0.4 is 4.74 Å². The van der Waals surface area contributed by atoms with Gasteiger partial charge < -0.3 is 9.47 Å². The van der Waals surface area contributed by atoms with Gasteiger partial charge in [0.25, 0.3) is 0 Å². The second-order valence-corrected chi connectivity index (χ2v) is 3.87. The summed E-state index contributed by atoms with van der Waals surface area (Å²) in [5, 5.41) is 0. The fourth-order valence-corrected chi connectivity index (χ4v) is 1.33. The van der Waals surface area contributed by atoms with E-state index in [0.29, 0.717) is 11.3 Å². The van der Waals surface area contributed by atoms with E-state index in [1.807, 2.05) is 0 Å². The standard InChI is InChI=1S/C13H16O4/c1-9(2)17-13(15)8-12(14)10-5-4-6-11(7-10)16-3/h4-7,9H,8H2,1-3H3. The van der Waals surface area contributed by atoms with Crippen LogP contribution in [0.15, 0.2) is 24.3 Å². The quantitative estimate of drug-likeness (QED) is 0.447. The summed E-state index contributed by atoms with van der Waals surface area (Å²) in [6.07, 6.45) is -0.452. The maximum absolute atomic E-state index is 11.7. The zero-order valence-electron chi connectivity index (χ0n) is 10.2. The van der Waals surface area contributed by atoms with Gasteiger partial charge in [-0.05, 0) is 26.0 Å². The van der Waals surface area contributed by atoms with Gasteiger partial charge in [0.05, 0.1) is 13.2 Å². The molecule has 0 aliphatic heterocycles. The van der Waals surface area contributed by atoms with Crippen LogP contribution in [0, 0.1) is 0 Å². The van der Waals surface area contributed by atoms with Gasteiger partial charge in [-0.25, -0.2) is 0 Å². The third-order valence-corrected chi connectivity index (χ3v) is 2.06. The van der Waals surface area contributed by atoms with Crippen molar-refractivity contribution in [2.24, 2.45) is 0 Å². The van der Waals surface area contributed by atoms with Gasteiger partial charge in [-0.1, -0.05) is 12.1 Å². The maximum Gasteiger partial charge on any atom is 0.313 e. The summed E-state index contributed by atoms with van der Waals surface area (Å²) in [5.74, 6) is -0.185. The topological polar surface area (TPSA) is 52.6 Å². The molecule has 92 valence electrons. The van der Waals surface area contributed by atoms with E-state index in [9.17, 15) is 9.59 Å².